The van der Waals surface area contributed by atoms with Crippen LogP contribution < -0.4 is 10.2 Å². The maximum Gasteiger partial charge on any atom is 0.244 e. The van der Waals surface area contributed by atoms with E-state index in [1.54, 1.807) is 0 Å². The molecule has 0 aliphatic rings. The van der Waals surface area contributed by atoms with Gasteiger partial charge in [-0.25, -0.2) is 5.43 Å². The molecule has 0 aliphatic carbocycles. The van der Waals surface area contributed by atoms with Crippen molar-refractivity contribution in [2.45, 2.75) is 20.3 Å². The summed E-state index contributed by atoms with van der Waals surface area (Å²) in [6.45, 7) is 4.43. The largest absolute Gasteiger partial charge is 0.494 e. The first kappa shape index (κ1) is 17.2. The van der Waals surface area contributed by atoms with Gasteiger partial charge in [0.15, 0.2) is 0 Å². The van der Waals surface area contributed by atoms with E-state index in [1.165, 1.54) is 0 Å². The number of nitrogens with one attached hydrogen (secondary N) is 1. The third-order valence-corrected chi connectivity index (χ3v) is 3.74. The molecular weight excluding hydrogens is 356 g/mol. The molecule has 1 N–H and O–H groups in total. The lowest BCUT2D eigenvalue weighted by molar-refractivity contribution is -0.120. The van der Waals surface area contributed by atoms with Gasteiger partial charge in [0.2, 0.25) is 5.91 Å². The molecule has 0 saturated carbocycles. The minimum atomic E-state index is -0.148. The molecule has 1 amide bonds. The van der Waals surface area contributed by atoms with Crippen LogP contribution in [-0.4, -0.2) is 18.2 Å². The molecule has 23 heavy (non-hydrogen) atoms. The van der Waals surface area contributed by atoms with Gasteiger partial charge in [0, 0.05) is 4.47 Å². The normalized spacial score (nSPS) is 11.2. The molecule has 120 valence electrons. The lowest BCUT2D eigenvalue weighted by Gasteiger charge is -2.05. The fraction of sp³-hybridized carbons (Fsp3) is 0.222. The number of hydrogen-bond donors (Lipinski definition) is 1. The summed E-state index contributed by atoms with van der Waals surface area (Å²) in [6.07, 6.45) is 0.281. The lowest BCUT2D eigenvalue weighted by Crippen LogP contribution is -2.21. The van der Waals surface area contributed by atoms with Crippen LogP contribution in [0.15, 0.2) is 58.1 Å². The van der Waals surface area contributed by atoms with Crippen molar-refractivity contribution < 1.29 is 9.53 Å². The van der Waals surface area contributed by atoms with Crippen LogP contribution >= 0.6 is 15.9 Å². The number of hydrogen-bond acceptors (Lipinski definition) is 3. The quantitative estimate of drug-likeness (QED) is 0.614. The molecule has 0 radical (unpaired) electrons. The number of carbonyl (C=O) groups excluding carboxylic acids is 1. The Labute approximate surface area is 144 Å². The second kappa shape index (κ2) is 8.48. The highest BCUT2D eigenvalue weighted by Gasteiger charge is 2.04. The maximum absolute atomic E-state index is 12.0. The second-order valence-corrected chi connectivity index (χ2v) is 5.91. The van der Waals surface area contributed by atoms with Crippen molar-refractivity contribution in [3.8, 4) is 5.75 Å². The van der Waals surface area contributed by atoms with Crippen LogP contribution in [0.2, 0.25) is 0 Å². The monoisotopic (exact) mass is 374 g/mol. The summed E-state index contributed by atoms with van der Waals surface area (Å²) in [4.78, 5) is 12.0. The van der Waals surface area contributed by atoms with E-state index >= 15 is 0 Å². The van der Waals surface area contributed by atoms with Gasteiger partial charge in [0.05, 0.1) is 18.7 Å². The van der Waals surface area contributed by atoms with Crippen molar-refractivity contribution in [3.63, 3.8) is 0 Å². The Morgan fingerprint density at radius 2 is 1.78 bits per heavy atom. The van der Waals surface area contributed by atoms with E-state index in [4.69, 9.17) is 4.74 Å². The molecule has 2 rings (SSSR count). The lowest BCUT2D eigenvalue weighted by atomic mass is 10.1. The third-order valence-electron chi connectivity index (χ3n) is 3.21. The Balaban J connectivity index is 1.91. The van der Waals surface area contributed by atoms with Crippen LogP contribution in [0.1, 0.15) is 25.0 Å². The Hall–Kier alpha value is -2.14. The zero-order valence-electron chi connectivity index (χ0n) is 13.2. The number of ether oxygens (including phenoxy) is 1. The second-order valence-electron chi connectivity index (χ2n) is 4.99. The predicted molar refractivity (Wildman–Crippen MR) is 95.8 cm³/mol. The van der Waals surface area contributed by atoms with Crippen molar-refractivity contribution in [1.82, 2.24) is 5.43 Å². The van der Waals surface area contributed by atoms with Gasteiger partial charge in [-0.2, -0.15) is 5.10 Å². The smallest absolute Gasteiger partial charge is 0.244 e. The Morgan fingerprint density at radius 1 is 1.13 bits per heavy atom. The molecule has 0 unspecified atom stereocenters. The molecule has 0 atom stereocenters. The highest BCUT2D eigenvalue weighted by molar-refractivity contribution is 9.10. The van der Waals surface area contributed by atoms with Gasteiger partial charge in [-0.3, -0.25) is 4.79 Å². The summed E-state index contributed by atoms with van der Waals surface area (Å²) in [6, 6.07) is 15.3. The van der Waals surface area contributed by atoms with Gasteiger partial charge in [-0.05, 0) is 49.2 Å². The molecule has 5 heteroatoms. The van der Waals surface area contributed by atoms with Crippen LogP contribution in [0.25, 0.3) is 0 Å². The van der Waals surface area contributed by atoms with Crippen molar-refractivity contribution >= 4 is 27.5 Å². The maximum atomic E-state index is 12.0. The van der Waals surface area contributed by atoms with Gasteiger partial charge < -0.3 is 4.74 Å². The van der Waals surface area contributed by atoms with Gasteiger partial charge in [0.1, 0.15) is 5.75 Å². The number of carbonyl (C=O) groups is 1. The molecule has 2 aromatic carbocycles. The molecule has 0 aromatic heterocycles. The van der Waals surface area contributed by atoms with Crippen LogP contribution in [-0.2, 0) is 11.2 Å². The molecule has 0 aliphatic heterocycles. The predicted octanol–water partition coefficient (Wildman–Crippen LogP) is 3.93. The fourth-order valence-electron chi connectivity index (χ4n) is 2.00. The van der Waals surface area contributed by atoms with E-state index in [9.17, 15) is 4.79 Å². The summed E-state index contributed by atoms with van der Waals surface area (Å²) in [5, 5.41) is 4.14. The van der Waals surface area contributed by atoms with E-state index in [1.807, 2.05) is 62.4 Å². The highest BCUT2D eigenvalue weighted by atomic mass is 79.9. The van der Waals surface area contributed by atoms with Crippen molar-refractivity contribution in [3.05, 3.63) is 64.1 Å². The van der Waals surface area contributed by atoms with Gasteiger partial charge >= 0.3 is 0 Å². The van der Waals surface area contributed by atoms with Gasteiger partial charge in [-0.15, -0.1) is 0 Å². The molecule has 0 heterocycles. The fourth-order valence-corrected chi connectivity index (χ4v) is 2.26. The van der Waals surface area contributed by atoms with E-state index in [2.05, 4.69) is 26.5 Å². The van der Waals surface area contributed by atoms with Gasteiger partial charge in [-0.1, -0.05) is 40.2 Å². The number of benzene rings is 2. The van der Waals surface area contributed by atoms with Crippen LogP contribution in [0.4, 0.5) is 0 Å². The van der Waals surface area contributed by atoms with Crippen LogP contribution in [0.3, 0.4) is 0 Å². The summed E-state index contributed by atoms with van der Waals surface area (Å²) >= 11 is 3.39. The number of amides is 1. The number of halogens is 1. The number of hydrazone groups is 1. The third kappa shape index (κ3) is 5.53. The summed E-state index contributed by atoms with van der Waals surface area (Å²) in [5.41, 5.74) is 5.24. The molecule has 0 spiro atoms. The SMILES string of the molecule is CCOc1ccc(CC(=O)N/N=C(/C)c2ccc(Br)cc2)cc1. The standard InChI is InChI=1S/C18H19BrN2O2/c1-3-23-17-10-4-14(5-11-17)12-18(22)21-20-13(2)15-6-8-16(19)9-7-15/h4-11H,3,12H2,1-2H3,(H,21,22)/b20-13-. The van der Waals surface area contributed by atoms with E-state index in [0.29, 0.717) is 6.61 Å². The summed E-state index contributed by atoms with van der Waals surface area (Å²) < 4.78 is 6.38. The van der Waals surface area contributed by atoms with Crippen molar-refractivity contribution in [2.24, 2.45) is 5.10 Å². The average molecular weight is 375 g/mol. The average Bonchev–Trinajstić information content (AvgIpc) is 2.55. The molecule has 0 bridgehead atoms. The van der Waals surface area contributed by atoms with Gasteiger partial charge in [0.25, 0.3) is 0 Å². The molecular formula is C18H19BrN2O2. The van der Waals surface area contributed by atoms with E-state index in [-0.39, 0.29) is 12.3 Å². The number of rotatable bonds is 6. The first-order valence-corrected chi connectivity index (χ1v) is 8.18. The molecule has 0 saturated heterocycles. The first-order valence-electron chi connectivity index (χ1n) is 7.39. The zero-order valence-corrected chi connectivity index (χ0v) is 14.8. The highest BCUT2D eigenvalue weighted by Crippen LogP contribution is 2.13. The minimum absolute atomic E-state index is 0.148. The Bertz CT molecular complexity index is 679. The van der Waals surface area contributed by atoms with E-state index < -0.39 is 0 Å². The summed E-state index contributed by atoms with van der Waals surface area (Å²) in [5.74, 6) is 0.659. The van der Waals surface area contributed by atoms with Crippen molar-refractivity contribution in [2.75, 3.05) is 6.61 Å². The van der Waals surface area contributed by atoms with Crippen LogP contribution in [0.5, 0.6) is 5.75 Å². The summed E-state index contributed by atoms with van der Waals surface area (Å²) in [7, 11) is 0. The van der Waals surface area contributed by atoms with E-state index in [0.717, 1.165) is 27.1 Å². The molecule has 2 aromatic rings. The molecule has 4 nitrogen and oxygen atoms in total. The Kier molecular flexibility index (Phi) is 6.35. The zero-order chi connectivity index (χ0) is 16.7. The minimum Gasteiger partial charge on any atom is -0.494 e. The van der Waals surface area contributed by atoms with Crippen LogP contribution in [0, 0.1) is 0 Å². The van der Waals surface area contributed by atoms with Crippen molar-refractivity contribution in [1.29, 1.82) is 0 Å². The number of nitrogens with zero attached hydrogens (tertiary/aromatic N) is 1. The molecule has 0 fully saturated rings. The Morgan fingerprint density at radius 3 is 2.39 bits per heavy atom. The topological polar surface area (TPSA) is 50.7 Å². The first-order chi connectivity index (χ1) is 11.1.